The first-order chi connectivity index (χ1) is 13.7. The maximum atomic E-state index is 13.2. The predicted molar refractivity (Wildman–Crippen MR) is 108 cm³/mol. The quantitative estimate of drug-likeness (QED) is 0.859. The van der Waals surface area contributed by atoms with Gasteiger partial charge in [-0.25, -0.2) is 4.98 Å². The number of rotatable bonds is 3. The number of benzene rings is 1. The van der Waals surface area contributed by atoms with Crippen LogP contribution in [0.2, 0.25) is 0 Å². The van der Waals surface area contributed by atoms with Crippen molar-refractivity contribution in [3.05, 3.63) is 42.6 Å². The van der Waals surface area contributed by atoms with Crippen LogP contribution >= 0.6 is 11.8 Å². The molecule has 1 aromatic heterocycles. The first kappa shape index (κ1) is 17.5. The number of nitrogens with zero attached hydrogens (tertiary/aromatic N) is 3. The van der Waals surface area contributed by atoms with Gasteiger partial charge in [-0.3, -0.25) is 14.5 Å². The number of para-hydroxylation sites is 1. The van der Waals surface area contributed by atoms with E-state index < -0.39 is 4.87 Å². The molecule has 2 fully saturated rings. The monoisotopic (exact) mass is 396 g/mol. The number of hydrogen-bond donors (Lipinski definition) is 1. The molecular weight excluding hydrogens is 376 g/mol. The average Bonchev–Trinajstić information content (AvgIpc) is 3.25. The van der Waals surface area contributed by atoms with Crippen molar-refractivity contribution in [1.82, 2.24) is 4.98 Å². The molecule has 3 aliphatic heterocycles. The van der Waals surface area contributed by atoms with E-state index in [1.807, 2.05) is 36.4 Å². The fourth-order valence-corrected chi connectivity index (χ4v) is 5.38. The van der Waals surface area contributed by atoms with Crippen LogP contribution in [-0.2, 0) is 14.3 Å². The highest BCUT2D eigenvalue weighted by molar-refractivity contribution is 8.02. The Bertz CT molecular complexity index is 929. The fourth-order valence-electron chi connectivity index (χ4n) is 3.97. The maximum absolute atomic E-state index is 13.2. The van der Waals surface area contributed by atoms with Crippen molar-refractivity contribution >= 4 is 40.8 Å². The third-order valence-corrected chi connectivity index (χ3v) is 6.84. The lowest BCUT2D eigenvalue weighted by molar-refractivity contribution is -0.121. The minimum Gasteiger partial charge on any atom is -0.378 e. The topological polar surface area (TPSA) is 74.8 Å². The Kier molecular flexibility index (Phi) is 4.25. The lowest BCUT2D eigenvalue weighted by atomic mass is 10.1. The molecule has 0 radical (unpaired) electrons. The Hall–Kier alpha value is -2.58. The predicted octanol–water partition coefficient (Wildman–Crippen LogP) is 2.49. The Morgan fingerprint density at radius 1 is 1.18 bits per heavy atom. The maximum Gasteiger partial charge on any atom is 0.261 e. The number of nitrogens with one attached hydrogen (secondary N) is 1. The number of thioether (sulfide) groups is 1. The molecule has 28 heavy (non-hydrogen) atoms. The summed E-state index contributed by atoms with van der Waals surface area (Å²) in [5.74, 6) is 0.689. The van der Waals surface area contributed by atoms with E-state index in [4.69, 9.17) is 4.74 Å². The lowest BCUT2D eigenvalue weighted by Gasteiger charge is -2.30. The summed E-state index contributed by atoms with van der Waals surface area (Å²) >= 11 is 1.46. The van der Waals surface area contributed by atoms with Gasteiger partial charge in [0.15, 0.2) is 4.87 Å². The Labute approximate surface area is 167 Å². The number of pyridine rings is 1. The Balaban J connectivity index is 1.36. The molecule has 5 rings (SSSR count). The molecule has 0 saturated carbocycles. The van der Waals surface area contributed by atoms with Crippen molar-refractivity contribution in [2.75, 3.05) is 41.4 Å². The van der Waals surface area contributed by atoms with Gasteiger partial charge in [0, 0.05) is 24.4 Å². The van der Waals surface area contributed by atoms with Crippen LogP contribution in [0.25, 0.3) is 0 Å². The highest BCUT2D eigenvalue weighted by atomic mass is 32.2. The van der Waals surface area contributed by atoms with Gasteiger partial charge >= 0.3 is 0 Å². The van der Waals surface area contributed by atoms with E-state index in [-0.39, 0.29) is 11.8 Å². The van der Waals surface area contributed by atoms with E-state index in [1.165, 1.54) is 11.8 Å². The molecule has 8 heteroatoms. The number of fused-ring (bicyclic) bond motifs is 3. The molecule has 0 unspecified atom stereocenters. The SMILES string of the molecule is O=C1CC[C@]2(C(=O)Nc3ccc(N4CCOCC4)nc3)Sc3ccccc3N12. The second-order valence-electron chi connectivity index (χ2n) is 7.04. The minimum atomic E-state index is -0.913. The number of anilines is 3. The van der Waals surface area contributed by atoms with Crippen LogP contribution in [0.3, 0.4) is 0 Å². The van der Waals surface area contributed by atoms with Gasteiger partial charge in [-0.1, -0.05) is 23.9 Å². The molecule has 0 aliphatic carbocycles. The van der Waals surface area contributed by atoms with Gasteiger partial charge in [-0.2, -0.15) is 0 Å². The molecule has 7 nitrogen and oxygen atoms in total. The van der Waals surface area contributed by atoms with Crippen molar-refractivity contribution in [3.8, 4) is 0 Å². The van der Waals surface area contributed by atoms with Gasteiger partial charge in [0.2, 0.25) is 5.91 Å². The molecule has 3 aliphatic rings. The van der Waals surface area contributed by atoms with Gasteiger partial charge in [-0.05, 0) is 30.7 Å². The zero-order valence-corrected chi connectivity index (χ0v) is 16.1. The molecule has 2 saturated heterocycles. The van der Waals surface area contributed by atoms with Crippen molar-refractivity contribution < 1.29 is 14.3 Å². The molecule has 1 aromatic carbocycles. The summed E-state index contributed by atoms with van der Waals surface area (Å²) in [4.78, 5) is 34.1. The Morgan fingerprint density at radius 2 is 2.00 bits per heavy atom. The number of morpholine rings is 1. The molecule has 0 bridgehead atoms. The van der Waals surface area contributed by atoms with E-state index in [0.29, 0.717) is 31.7 Å². The van der Waals surface area contributed by atoms with Crippen LogP contribution in [0.1, 0.15) is 12.8 Å². The second kappa shape index (κ2) is 6.79. The zero-order valence-electron chi connectivity index (χ0n) is 15.3. The number of ether oxygens (including phenoxy) is 1. The molecule has 144 valence electrons. The number of carbonyl (C=O) groups is 2. The second-order valence-corrected chi connectivity index (χ2v) is 8.36. The number of hydrogen-bond acceptors (Lipinski definition) is 6. The summed E-state index contributed by atoms with van der Waals surface area (Å²) < 4.78 is 5.37. The van der Waals surface area contributed by atoms with Crippen molar-refractivity contribution in [2.24, 2.45) is 0 Å². The third kappa shape index (κ3) is 2.75. The van der Waals surface area contributed by atoms with Crippen LogP contribution in [0.15, 0.2) is 47.5 Å². The zero-order chi connectivity index (χ0) is 19.1. The van der Waals surface area contributed by atoms with Crippen LogP contribution in [0.4, 0.5) is 17.2 Å². The Morgan fingerprint density at radius 3 is 2.79 bits per heavy atom. The molecule has 1 atom stereocenters. The molecule has 0 spiro atoms. The van der Waals surface area contributed by atoms with E-state index in [2.05, 4.69) is 15.2 Å². The largest absolute Gasteiger partial charge is 0.378 e. The van der Waals surface area contributed by atoms with Crippen LogP contribution in [-0.4, -0.2) is 48.0 Å². The van der Waals surface area contributed by atoms with Gasteiger partial charge in [0.05, 0.1) is 30.8 Å². The van der Waals surface area contributed by atoms with Gasteiger partial charge in [0.1, 0.15) is 5.82 Å². The van der Waals surface area contributed by atoms with E-state index >= 15 is 0 Å². The normalized spacial score (nSPS) is 23.5. The smallest absolute Gasteiger partial charge is 0.261 e. The van der Waals surface area contributed by atoms with Gasteiger partial charge in [-0.15, -0.1) is 0 Å². The summed E-state index contributed by atoms with van der Waals surface area (Å²) in [5.41, 5.74) is 1.46. The van der Waals surface area contributed by atoms with E-state index in [1.54, 1.807) is 11.1 Å². The van der Waals surface area contributed by atoms with Crippen LogP contribution < -0.4 is 15.1 Å². The van der Waals surface area contributed by atoms with Crippen molar-refractivity contribution in [3.63, 3.8) is 0 Å². The van der Waals surface area contributed by atoms with Gasteiger partial charge < -0.3 is 15.0 Å². The first-order valence-electron chi connectivity index (χ1n) is 9.39. The minimum absolute atomic E-state index is 0.00612. The summed E-state index contributed by atoms with van der Waals surface area (Å²) in [6.07, 6.45) is 2.55. The van der Waals surface area contributed by atoms with Crippen molar-refractivity contribution in [2.45, 2.75) is 22.6 Å². The van der Waals surface area contributed by atoms with Crippen LogP contribution in [0.5, 0.6) is 0 Å². The molecule has 2 aromatic rings. The summed E-state index contributed by atoms with van der Waals surface area (Å²) in [5, 5.41) is 2.97. The van der Waals surface area contributed by atoms with Gasteiger partial charge in [0.25, 0.3) is 5.91 Å². The highest BCUT2D eigenvalue weighted by Gasteiger charge is 2.57. The fraction of sp³-hybridized carbons (Fsp3) is 0.350. The molecular formula is C20H20N4O3S. The summed E-state index contributed by atoms with van der Waals surface area (Å²) in [6, 6.07) is 11.5. The molecule has 4 heterocycles. The highest BCUT2D eigenvalue weighted by Crippen LogP contribution is 2.55. The van der Waals surface area contributed by atoms with E-state index in [0.717, 1.165) is 29.5 Å². The van der Waals surface area contributed by atoms with Crippen LogP contribution in [0, 0.1) is 0 Å². The third-order valence-electron chi connectivity index (χ3n) is 5.37. The van der Waals surface area contributed by atoms with E-state index in [9.17, 15) is 9.59 Å². The summed E-state index contributed by atoms with van der Waals surface area (Å²) in [7, 11) is 0. The standard InChI is InChI=1S/C20H20N4O3S/c25-18-7-8-20(24(18)15-3-1-2-4-16(15)28-20)19(26)22-14-5-6-17(21-13-14)23-9-11-27-12-10-23/h1-6,13H,7-12H2,(H,22,26)/t20-/m1/s1. The first-order valence-corrected chi connectivity index (χ1v) is 10.2. The number of carbonyl (C=O) groups excluding carboxylic acids is 2. The lowest BCUT2D eigenvalue weighted by Crippen LogP contribution is -2.49. The molecule has 1 N–H and O–H groups in total. The number of aromatic nitrogens is 1. The average molecular weight is 396 g/mol. The molecule has 2 amide bonds. The van der Waals surface area contributed by atoms with Crippen molar-refractivity contribution in [1.29, 1.82) is 0 Å². The number of amides is 2. The summed E-state index contributed by atoms with van der Waals surface area (Å²) in [6.45, 7) is 3.02.